The van der Waals surface area contributed by atoms with Gasteiger partial charge in [-0.15, -0.1) is 11.3 Å². The molecule has 0 aliphatic carbocycles. The first-order chi connectivity index (χ1) is 15.0. The second-order valence-corrected chi connectivity index (χ2v) is 8.54. The van der Waals surface area contributed by atoms with Crippen molar-refractivity contribution in [2.75, 3.05) is 11.4 Å². The maximum absolute atomic E-state index is 13.7. The summed E-state index contributed by atoms with van der Waals surface area (Å²) in [7, 11) is 0. The average Bonchev–Trinajstić information content (AvgIpc) is 3.48. The molecule has 3 aromatic rings. The van der Waals surface area contributed by atoms with Crippen molar-refractivity contribution in [1.82, 2.24) is 9.88 Å². The molecule has 1 saturated heterocycles. The summed E-state index contributed by atoms with van der Waals surface area (Å²) in [6, 6.07) is 15.0. The first-order valence-corrected chi connectivity index (χ1v) is 11.2. The quantitative estimate of drug-likeness (QED) is 0.551. The van der Waals surface area contributed by atoms with Crippen molar-refractivity contribution < 1.29 is 14.3 Å². The molecular formula is C24H25N3O3S. The third-order valence-electron chi connectivity index (χ3n) is 5.41. The lowest BCUT2D eigenvalue weighted by atomic mass is 10.1. The molecule has 0 spiro atoms. The Kier molecular flexibility index (Phi) is 6.32. The highest BCUT2D eigenvalue weighted by molar-refractivity contribution is 7.13. The van der Waals surface area contributed by atoms with E-state index in [2.05, 4.69) is 4.98 Å². The number of rotatable bonds is 5. The lowest BCUT2D eigenvalue weighted by molar-refractivity contribution is -0.121. The molecule has 0 N–H and O–H groups in total. The van der Waals surface area contributed by atoms with E-state index < -0.39 is 12.1 Å². The molecule has 160 valence electrons. The van der Waals surface area contributed by atoms with E-state index in [9.17, 15) is 9.59 Å². The zero-order valence-corrected chi connectivity index (χ0v) is 18.5. The highest BCUT2D eigenvalue weighted by Crippen LogP contribution is 2.34. The van der Waals surface area contributed by atoms with E-state index in [1.807, 2.05) is 67.8 Å². The largest absolute Gasteiger partial charge is 0.445 e. The van der Waals surface area contributed by atoms with Crippen LogP contribution in [0, 0.1) is 13.8 Å². The summed E-state index contributed by atoms with van der Waals surface area (Å²) in [4.78, 5) is 34.2. The molecule has 1 unspecified atom stereocenters. The fourth-order valence-electron chi connectivity index (χ4n) is 3.80. The molecule has 0 bridgehead atoms. The molecule has 1 aliphatic heterocycles. The molecule has 2 amide bonds. The number of aromatic nitrogens is 1. The molecule has 1 aliphatic rings. The van der Waals surface area contributed by atoms with Crippen LogP contribution in [0.2, 0.25) is 0 Å². The van der Waals surface area contributed by atoms with E-state index in [4.69, 9.17) is 4.74 Å². The second-order valence-electron chi connectivity index (χ2n) is 7.67. The van der Waals surface area contributed by atoms with Gasteiger partial charge in [-0.1, -0.05) is 42.5 Å². The number of anilines is 2. The molecule has 1 fully saturated rings. The molecule has 2 heterocycles. The number of hydrogen-bond donors (Lipinski definition) is 0. The van der Waals surface area contributed by atoms with Crippen LogP contribution < -0.4 is 4.90 Å². The Morgan fingerprint density at radius 2 is 2.00 bits per heavy atom. The summed E-state index contributed by atoms with van der Waals surface area (Å²) < 4.78 is 5.51. The normalized spacial score (nSPS) is 15.7. The van der Waals surface area contributed by atoms with Crippen molar-refractivity contribution in [1.29, 1.82) is 0 Å². The SMILES string of the molecule is Cc1ccc(C)c(N(C(=O)C2CCCN2C(=O)OCc2ccccc2)c2nccs2)c1. The van der Waals surface area contributed by atoms with E-state index in [1.165, 1.54) is 11.3 Å². The van der Waals surface area contributed by atoms with Gasteiger partial charge in [-0.3, -0.25) is 14.6 Å². The van der Waals surface area contributed by atoms with Crippen molar-refractivity contribution in [2.45, 2.75) is 39.3 Å². The van der Waals surface area contributed by atoms with E-state index in [0.717, 1.165) is 28.8 Å². The highest BCUT2D eigenvalue weighted by atomic mass is 32.1. The number of hydrogen-bond acceptors (Lipinski definition) is 5. The van der Waals surface area contributed by atoms with Crippen LogP contribution in [-0.2, 0) is 16.1 Å². The summed E-state index contributed by atoms with van der Waals surface area (Å²) in [6.07, 6.45) is 2.59. The Morgan fingerprint density at radius 3 is 2.74 bits per heavy atom. The van der Waals surface area contributed by atoms with Gasteiger partial charge in [0.2, 0.25) is 0 Å². The Balaban J connectivity index is 1.57. The Labute approximate surface area is 186 Å². The van der Waals surface area contributed by atoms with Gasteiger partial charge in [0.25, 0.3) is 5.91 Å². The number of benzene rings is 2. The van der Waals surface area contributed by atoms with Gasteiger partial charge in [0.1, 0.15) is 12.6 Å². The lowest BCUT2D eigenvalue weighted by Crippen LogP contribution is -2.46. The molecule has 31 heavy (non-hydrogen) atoms. The maximum Gasteiger partial charge on any atom is 0.410 e. The topological polar surface area (TPSA) is 62.7 Å². The van der Waals surface area contributed by atoms with Gasteiger partial charge in [-0.25, -0.2) is 9.78 Å². The number of likely N-dealkylation sites (tertiary alicyclic amines) is 1. The smallest absolute Gasteiger partial charge is 0.410 e. The third-order valence-corrected chi connectivity index (χ3v) is 6.17. The highest BCUT2D eigenvalue weighted by Gasteiger charge is 2.39. The van der Waals surface area contributed by atoms with Crippen LogP contribution in [0.15, 0.2) is 60.1 Å². The van der Waals surface area contributed by atoms with Crippen molar-refractivity contribution in [2.24, 2.45) is 0 Å². The van der Waals surface area contributed by atoms with E-state index in [1.54, 1.807) is 16.0 Å². The molecule has 2 aromatic carbocycles. The second kappa shape index (κ2) is 9.31. The standard InChI is InChI=1S/C24H25N3O3S/c1-17-10-11-18(2)21(15-17)27(23-25-12-14-31-23)22(28)20-9-6-13-26(20)24(29)30-16-19-7-4-3-5-8-19/h3-5,7-8,10-12,14-15,20H,6,9,13,16H2,1-2H3. The van der Waals surface area contributed by atoms with Gasteiger partial charge in [0.15, 0.2) is 5.13 Å². The zero-order chi connectivity index (χ0) is 21.8. The molecule has 4 rings (SSSR count). The maximum atomic E-state index is 13.7. The van der Waals surface area contributed by atoms with Crippen LogP contribution >= 0.6 is 11.3 Å². The van der Waals surface area contributed by atoms with Crippen molar-refractivity contribution >= 4 is 34.2 Å². The Morgan fingerprint density at radius 1 is 1.19 bits per heavy atom. The molecule has 0 radical (unpaired) electrons. The zero-order valence-electron chi connectivity index (χ0n) is 17.7. The molecule has 6 nitrogen and oxygen atoms in total. The Hall–Kier alpha value is -3.19. The average molecular weight is 436 g/mol. The minimum atomic E-state index is -0.577. The summed E-state index contributed by atoms with van der Waals surface area (Å²) in [5.41, 5.74) is 3.74. The van der Waals surface area contributed by atoms with Gasteiger partial charge in [0.05, 0.1) is 5.69 Å². The molecule has 7 heteroatoms. The van der Waals surface area contributed by atoms with Crippen LogP contribution in [0.5, 0.6) is 0 Å². The van der Waals surface area contributed by atoms with Crippen LogP contribution in [0.25, 0.3) is 0 Å². The van der Waals surface area contributed by atoms with Crippen molar-refractivity contribution in [3.05, 3.63) is 76.8 Å². The van der Waals surface area contributed by atoms with Gasteiger partial charge < -0.3 is 4.74 Å². The lowest BCUT2D eigenvalue weighted by Gasteiger charge is -2.29. The first-order valence-electron chi connectivity index (χ1n) is 10.3. The van der Waals surface area contributed by atoms with Gasteiger partial charge in [0, 0.05) is 18.1 Å². The molecule has 1 aromatic heterocycles. The Bertz CT molecular complexity index is 1050. The summed E-state index contributed by atoms with van der Waals surface area (Å²) in [5, 5.41) is 2.45. The number of aryl methyl sites for hydroxylation is 2. The van der Waals surface area contributed by atoms with Gasteiger partial charge in [-0.05, 0) is 49.4 Å². The van der Waals surface area contributed by atoms with E-state index in [0.29, 0.717) is 18.1 Å². The van der Waals surface area contributed by atoms with Crippen LogP contribution in [0.3, 0.4) is 0 Å². The van der Waals surface area contributed by atoms with Crippen molar-refractivity contribution in [3.63, 3.8) is 0 Å². The van der Waals surface area contributed by atoms with Gasteiger partial charge >= 0.3 is 6.09 Å². The fraction of sp³-hybridized carbons (Fsp3) is 0.292. The number of carbonyl (C=O) groups excluding carboxylic acids is 2. The predicted molar refractivity (Wildman–Crippen MR) is 122 cm³/mol. The van der Waals surface area contributed by atoms with Crippen LogP contribution in [0.4, 0.5) is 15.6 Å². The minimum Gasteiger partial charge on any atom is -0.445 e. The molecular weight excluding hydrogens is 410 g/mol. The summed E-state index contributed by atoms with van der Waals surface area (Å²) in [6.45, 7) is 4.66. The third kappa shape index (κ3) is 4.61. The monoisotopic (exact) mass is 435 g/mol. The van der Waals surface area contributed by atoms with Gasteiger partial charge in [-0.2, -0.15) is 0 Å². The first kappa shape index (κ1) is 21.1. The predicted octanol–water partition coefficient (Wildman–Crippen LogP) is 5.23. The number of thiazole rings is 1. The molecule has 0 saturated carbocycles. The summed E-state index contributed by atoms with van der Waals surface area (Å²) in [5.74, 6) is -0.155. The van der Waals surface area contributed by atoms with Crippen LogP contribution in [0.1, 0.15) is 29.5 Å². The fourth-order valence-corrected chi connectivity index (χ4v) is 4.45. The molecule has 1 atom stereocenters. The number of ether oxygens (including phenoxy) is 1. The minimum absolute atomic E-state index is 0.155. The summed E-state index contributed by atoms with van der Waals surface area (Å²) >= 11 is 1.40. The van der Waals surface area contributed by atoms with E-state index >= 15 is 0 Å². The number of nitrogens with zero attached hydrogens (tertiary/aromatic N) is 3. The number of carbonyl (C=O) groups is 2. The van der Waals surface area contributed by atoms with Crippen LogP contribution in [-0.4, -0.2) is 34.5 Å². The van der Waals surface area contributed by atoms with Crippen molar-refractivity contribution in [3.8, 4) is 0 Å². The number of amides is 2. The van der Waals surface area contributed by atoms with E-state index in [-0.39, 0.29) is 12.5 Å².